The van der Waals surface area contributed by atoms with Gasteiger partial charge < -0.3 is 23.9 Å². The van der Waals surface area contributed by atoms with E-state index in [1.54, 1.807) is 43.9 Å². The van der Waals surface area contributed by atoms with Crippen LogP contribution >= 0.6 is 23.4 Å². The number of hydrogen-bond donors (Lipinski definition) is 2. The predicted molar refractivity (Wildman–Crippen MR) is 116 cm³/mol. The summed E-state index contributed by atoms with van der Waals surface area (Å²) in [5.74, 6) is 2.23. The average Bonchev–Trinajstić information content (AvgIpc) is 3.49. The normalized spacial score (nSPS) is 10.9. The van der Waals surface area contributed by atoms with Gasteiger partial charge in [-0.05, 0) is 42.5 Å². The number of hydrogen-bond acceptors (Lipinski definition) is 6. The fourth-order valence-corrected chi connectivity index (χ4v) is 3.82. The number of rotatable bonds is 8. The minimum Gasteiger partial charge on any atom is -0.495 e. The molecule has 0 aliphatic carbocycles. The number of H-pyrrole nitrogens is 1. The number of nitrogens with one attached hydrogen (secondary N) is 2. The van der Waals surface area contributed by atoms with Crippen molar-refractivity contribution in [3.8, 4) is 28.7 Å². The van der Waals surface area contributed by atoms with Gasteiger partial charge in [0.25, 0.3) is 0 Å². The Morgan fingerprint density at radius 1 is 1.20 bits per heavy atom. The number of nitrogens with zero attached hydrogens (tertiary/aromatic N) is 1. The van der Waals surface area contributed by atoms with Crippen LogP contribution in [-0.4, -0.2) is 28.7 Å². The highest BCUT2D eigenvalue weighted by molar-refractivity contribution is 7.99. The largest absolute Gasteiger partial charge is 0.495 e. The molecule has 3 heterocycles. The zero-order valence-corrected chi connectivity index (χ0v) is 17.5. The first-order chi connectivity index (χ1) is 14.6. The number of carbonyl (C=O) groups is 1. The maximum Gasteiger partial charge on any atom is 0.225 e. The molecule has 0 aliphatic rings. The molecule has 0 unspecified atom stereocenters. The van der Waals surface area contributed by atoms with Gasteiger partial charge in [-0.15, -0.1) is 0 Å². The van der Waals surface area contributed by atoms with Gasteiger partial charge in [0.05, 0.1) is 25.3 Å². The minimum atomic E-state index is -0.146. The number of carbonyl (C=O) groups excluding carboxylic acids is 1. The van der Waals surface area contributed by atoms with Gasteiger partial charge in [0.1, 0.15) is 17.1 Å². The summed E-state index contributed by atoms with van der Waals surface area (Å²) in [7, 11) is 1.54. The lowest BCUT2D eigenvalue weighted by Crippen LogP contribution is -2.13. The summed E-state index contributed by atoms with van der Waals surface area (Å²) in [6, 6.07) is 12.4. The molecule has 4 rings (SSSR count). The molecule has 0 saturated carbocycles. The number of aromatic amines is 1. The molecule has 4 aromatic rings. The van der Waals surface area contributed by atoms with Crippen molar-refractivity contribution in [1.29, 1.82) is 0 Å². The topological polar surface area (TPSA) is 93.3 Å². The summed E-state index contributed by atoms with van der Waals surface area (Å²) < 4.78 is 16.2. The smallest absolute Gasteiger partial charge is 0.225 e. The van der Waals surface area contributed by atoms with Crippen LogP contribution in [0.15, 0.2) is 69.0 Å². The molecule has 0 spiro atoms. The van der Waals surface area contributed by atoms with E-state index >= 15 is 0 Å². The highest BCUT2D eigenvalue weighted by atomic mass is 35.5. The van der Waals surface area contributed by atoms with E-state index in [1.807, 2.05) is 18.2 Å². The summed E-state index contributed by atoms with van der Waals surface area (Å²) in [5, 5.41) is 4.02. The number of thioether (sulfide) groups is 1. The van der Waals surface area contributed by atoms with Gasteiger partial charge in [-0.2, -0.15) is 0 Å². The van der Waals surface area contributed by atoms with Crippen molar-refractivity contribution in [2.24, 2.45) is 0 Å². The lowest BCUT2D eigenvalue weighted by molar-refractivity contribution is -0.115. The van der Waals surface area contributed by atoms with E-state index < -0.39 is 0 Å². The van der Waals surface area contributed by atoms with Crippen LogP contribution in [0.1, 0.15) is 6.42 Å². The van der Waals surface area contributed by atoms with Crippen LogP contribution in [0, 0.1) is 0 Å². The second kappa shape index (κ2) is 9.15. The van der Waals surface area contributed by atoms with Gasteiger partial charge >= 0.3 is 0 Å². The van der Waals surface area contributed by atoms with Crippen LogP contribution in [0.4, 0.5) is 5.69 Å². The van der Waals surface area contributed by atoms with Crippen LogP contribution in [0.3, 0.4) is 0 Å². The Hall–Kier alpha value is -3.10. The van der Waals surface area contributed by atoms with Crippen LogP contribution in [0.25, 0.3) is 22.9 Å². The molecule has 9 heteroatoms. The van der Waals surface area contributed by atoms with E-state index in [9.17, 15) is 4.79 Å². The Balaban J connectivity index is 1.41. The number of benzene rings is 1. The van der Waals surface area contributed by atoms with Crippen LogP contribution in [0.5, 0.6) is 5.75 Å². The van der Waals surface area contributed by atoms with Gasteiger partial charge in [0.2, 0.25) is 5.91 Å². The second-order valence-electron chi connectivity index (χ2n) is 6.21. The molecule has 1 amide bonds. The second-order valence-corrected chi connectivity index (χ2v) is 7.73. The molecule has 3 aromatic heterocycles. The first-order valence-corrected chi connectivity index (χ1v) is 10.4. The molecule has 154 valence electrons. The highest BCUT2D eigenvalue weighted by Gasteiger charge is 2.18. The Morgan fingerprint density at radius 3 is 2.67 bits per heavy atom. The van der Waals surface area contributed by atoms with E-state index in [2.05, 4.69) is 15.3 Å². The molecule has 0 radical (unpaired) electrons. The molecule has 1 aromatic carbocycles. The van der Waals surface area contributed by atoms with Crippen molar-refractivity contribution in [3.05, 3.63) is 60.0 Å². The number of imidazole rings is 1. The molecule has 0 saturated heterocycles. The third-order valence-corrected chi connectivity index (χ3v) is 5.32. The Kier molecular flexibility index (Phi) is 6.15. The van der Waals surface area contributed by atoms with Crippen molar-refractivity contribution in [3.63, 3.8) is 0 Å². The van der Waals surface area contributed by atoms with E-state index in [-0.39, 0.29) is 12.3 Å². The zero-order valence-electron chi connectivity index (χ0n) is 16.0. The summed E-state index contributed by atoms with van der Waals surface area (Å²) in [6.07, 6.45) is 3.48. The summed E-state index contributed by atoms with van der Waals surface area (Å²) >= 11 is 7.44. The number of amides is 1. The van der Waals surface area contributed by atoms with E-state index in [0.29, 0.717) is 44.6 Å². The highest BCUT2D eigenvalue weighted by Crippen LogP contribution is 2.33. The molecule has 0 atom stereocenters. The zero-order chi connectivity index (χ0) is 20.9. The van der Waals surface area contributed by atoms with Gasteiger partial charge in [-0.3, -0.25) is 4.79 Å². The average molecular weight is 444 g/mol. The maximum atomic E-state index is 12.3. The first-order valence-electron chi connectivity index (χ1n) is 9.08. The quantitative estimate of drug-likeness (QED) is 0.338. The molecular weight excluding hydrogens is 426 g/mol. The van der Waals surface area contributed by atoms with Gasteiger partial charge in [-0.25, -0.2) is 4.98 Å². The van der Waals surface area contributed by atoms with Crippen molar-refractivity contribution < 1.29 is 18.4 Å². The Morgan fingerprint density at radius 2 is 1.97 bits per heavy atom. The Labute approximate surface area is 181 Å². The SMILES string of the molecule is COc1ccc(Cl)cc1NC(=O)CCSc1nc(-c2ccco2)c(-c2ccco2)[nH]1. The molecule has 7 nitrogen and oxygen atoms in total. The van der Waals surface area contributed by atoms with Gasteiger partial charge in [0.15, 0.2) is 16.7 Å². The lowest BCUT2D eigenvalue weighted by Gasteiger charge is -2.10. The predicted octanol–water partition coefficient (Wildman–Crippen LogP) is 5.71. The number of halogens is 1. The third kappa shape index (κ3) is 4.55. The molecule has 2 N–H and O–H groups in total. The fourth-order valence-electron chi connectivity index (χ4n) is 2.84. The van der Waals surface area contributed by atoms with Crippen LogP contribution in [0.2, 0.25) is 5.02 Å². The molecular formula is C21H18ClN3O4S. The van der Waals surface area contributed by atoms with Gasteiger partial charge in [-0.1, -0.05) is 23.4 Å². The van der Waals surface area contributed by atoms with E-state index in [1.165, 1.54) is 11.8 Å². The van der Waals surface area contributed by atoms with Crippen molar-refractivity contribution >= 4 is 35.0 Å². The number of methoxy groups -OCH3 is 1. The van der Waals surface area contributed by atoms with Crippen LogP contribution < -0.4 is 10.1 Å². The standard InChI is InChI=1S/C21H18ClN3O4S/c1-27-15-7-6-13(22)12-14(15)23-18(26)8-11-30-21-24-19(16-4-2-9-28-16)20(25-21)17-5-3-10-29-17/h2-7,9-10,12H,8,11H2,1H3,(H,23,26)(H,24,25). The number of ether oxygens (including phenoxy) is 1. The third-order valence-electron chi connectivity index (χ3n) is 4.21. The van der Waals surface area contributed by atoms with Crippen LogP contribution in [-0.2, 0) is 4.79 Å². The van der Waals surface area contributed by atoms with E-state index in [0.717, 1.165) is 5.69 Å². The van der Waals surface area contributed by atoms with Crippen molar-refractivity contribution in [1.82, 2.24) is 9.97 Å². The fraction of sp³-hybridized carbons (Fsp3) is 0.143. The van der Waals surface area contributed by atoms with Crippen molar-refractivity contribution in [2.45, 2.75) is 11.6 Å². The molecule has 0 fully saturated rings. The summed E-state index contributed by atoms with van der Waals surface area (Å²) in [4.78, 5) is 20.2. The monoisotopic (exact) mass is 443 g/mol. The van der Waals surface area contributed by atoms with E-state index in [4.69, 9.17) is 25.2 Å². The van der Waals surface area contributed by atoms with Crippen molar-refractivity contribution in [2.75, 3.05) is 18.2 Å². The summed E-state index contributed by atoms with van der Waals surface area (Å²) in [5.41, 5.74) is 1.93. The maximum absolute atomic E-state index is 12.3. The number of furan rings is 2. The lowest BCUT2D eigenvalue weighted by atomic mass is 10.2. The minimum absolute atomic E-state index is 0.146. The Bertz CT molecular complexity index is 1070. The number of aromatic nitrogens is 2. The summed E-state index contributed by atoms with van der Waals surface area (Å²) in [6.45, 7) is 0. The molecule has 0 bridgehead atoms. The molecule has 30 heavy (non-hydrogen) atoms. The molecule has 0 aliphatic heterocycles. The van der Waals surface area contributed by atoms with Gasteiger partial charge in [0, 0.05) is 17.2 Å². The number of anilines is 1. The first kappa shape index (κ1) is 20.2.